The molecule has 1 aliphatic heterocycles. The number of carbonyl (C=O) groups excluding carboxylic acids is 3. The summed E-state index contributed by atoms with van der Waals surface area (Å²) in [5.74, 6) is -1.98. The van der Waals surface area contributed by atoms with E-state index in [1.807, 2.05) is 0 Å². The molecule has 9 heteroatoms. The van der Waals surface area contributed by atoms with Crippen LogP contribution >= 0.6 is 15.9 Å². The smallest absolute Gasteiger partial charge is 0.335 e. The zero-order valence-corrected chi connectivity index (χ0v) is 20.0. The number of urea groups is 1. The number of amides is 4. The average Bonchev–Trinajstić information content (AvgIpc) is 2.82. The normalized spacial score (nSPS) is 14.7. The molecule has 1 saturated heterocycles. The van der Waals surface area contributed by atoms with Crippen molar-refractivity contribution in [3.63, 3.8) is 0 Å². The molecule has 35 heavy (non-hydrogen) atoms. The molecule has 4 amide bonds. The number of aromatic carboxylic acids is 1. The maximum atomic E-state index is 13.1. The van der Waals surface area contributed by atoms with E-state index in [-0.39, 0.29) is 17.7 Å². The van der Waals surface area contributed by atoms with Crippen LogP contribution in [0.15, 0.2) is 76.8 Å². The van der Waals surface area contributed by atoms with Crippen LogP contribution in [-0.2, 0) is 16.2 Å². The van der Waals surface area contributed by atoms with E-state index in [1.54, 1.807) is 61.5 Å². The van der Waals surface area contributed by atoms with Gasteiger partial charge in [-0.2, -0.15) is 0 Å². The van der Waals surface area contributed by atoms with Crippen LogP contribution in [0.2, 0.25) is 0 Å². The molecular formula is C26H19BrN2O6. The Morgan fingerprint density at radius 1 is 1.06 bits per heavy atom. The molecule has 8 nitrogen and oxygen atoms in total. The molecule has 0 radical (unpaired) electrons. The van der Waals surface area contributed by atoms with Gasteiger partial charge < -0.3 is 9.84 Å². The van der Waals surface area contributed by atoms with Crippen molar-refractivity contribution in [2.75, 3.05) is 4.90 Å². The molecule has 3 aromatic carbocycles. The van der Waals surface area contributed by atoms with Gasteiger partial charge in [-0.25, -0.2) is 14.5 Å². The molecular weight excluding hydrogens is 516 g/mol. The van der Waals surface area contributed by atoms with Crippen LogP contribution in [0.25, 0.3) is 6.08 Å². The van der Waals surface area contributed by atoms with Crippen molar-refractivity contribution in [3.05, 3.63) is 99.0 Å². The van der Waals surface area contributed by atoms with Crippen LogP contribution in [-0.4, -0.2) is 28.9 Å². The lowest BCUT2D eigenvalue weighted by molar-refractivity contribution is -0.122. The molecule has 176 valence electrons. The van der Waals surface area contributed by atoms with Gasteiger partial charge in [-0.3, -0.25) is 14.9 Å². The van der Waals surface area contributed by atoms with Gasteiger partial charge in [0.15, 0.2) is 0 Å². The van der Waals surface area contributed by atoms with Gasteiger partial charge >= 0.3 is 12.0 Å². The number of imide groups is 2. The summed E-state index contributed by atoms with van der Waals surface area (Å²) in [6, 6.07) is 17.4. The van der Waals surface area contributed by atoms with Gasteiger partial charge in [0.2, 0.25) is 0 Å². The largest absolute Gasteiger partial charge is 0.489 e. The lowest BCUT2D eigenvalue weighted by atomic mass is 10.1. The highest BCUT2D eigenvalue weighted by molar-refractivity contribution is 9.10. The van der Waals surface area contributed by atoms with Gasteiger partial charge in [0.05, 0.1) is 11.3 Å². The number of carboxylic acids is 1. The van der Waals surface area contributed by atoms with E-state index in [4.69, 9.17) is 9.84 Å². The van der Waals surface area contributed by atoms with Crippen LogP contribution < -0.4 is 15.0 Å². The first-order valence-corrected chi connectivity index (χ1v) is 11.2. The fraction of sp³-hybridized carbons (Fsp3) is 0.0769. The molecule has 1 fully saturated rings. The molecule has 0 aromatic heterocycles. The Balaban J connectivity index is 1.51. The first kappa shape index (κ1) is 23.9. The zero-order chi connectivity index (χ0) is 25.1. The Kier molecular flexibility index (Phi) is 6.79. The van der Waals surface area contributed by atoms with Crippen LogP contribution in [0.3, 0.4) is 0 Å². The summed E-state index contributed by atoms with van der Waals surface area (Å²) >= 11 is 3.35. The van der Waals surface area contributed by atoms with E-state index in [0.29, 0.717) is 28.1 Å². The third-order valence-electron chi connectivity index (χ3n) is 5.27. The number of hydrogen-bond donors (Lipinski definition) is 2. The predicted molar refractivity (Wildman–Crippen MR) is 132 cm³/mol. The van der Waals surface area contributed by atoms with Crippen LogP contribution in [0.1, 0.15) is 27.0 Å². The average molecular weight is 535 g/mol. The van der Waals surface area contributed by atoms with Crippen molar-refractivity contribution in [2.45, 2.75) is 13.5 Å². The predicted octanol–water partition coefficient (Wildman–Crippen LogP) is 4.70. The minimum atomic E-state index is -1.01. The molecule has 4 rings (SSSR count). The van der Waals surface area contributed by atoms with Gasteiger partial charge in [0.1, 0.15) is 17.9 Å². The first-order chi connectivity index (χ1) is 16.7. The molecule has 3 aromatic rings. The number of hydrogen-bond acceptors (Lipinski definition) is 5. The fourth-order valence-corrected chi connectivity index (χ4v) is 4.01. The summed E-state index contributed by atoms with van der Waals surface area (Å²) in [6.45, 7) is 1.93. The Bertz CT molecular complexity index is 1380. The minimum Gasteiger partial charge on any atom is -0.489 e. The second kappa shape index (κ2) is 9.94. The zero-order valence-electron chi connectivity index (χ0n) is 18.4. The van der Waals surface area contributed by atoms with E-state index < -0.39 is 23.8 Å². The van der Waals surface area contributed by atoms with Crippen molar-refractivity contribution in [2.24, 2.45) is 0 Å². The topological polar surface area (TPSA) is 113 Å². The van der Waals surface area contributed by atoms with Crippen molar-refractivity contribution in [1.82, 2.24) is 5.32 Å². The number of aryl methyl sites for hydroxylation is 1. The van der Waals surface area contributed by atoms with Crippen LogP contribution in [0, 0.1) is 6.92 Å². The molecule has 0 atom stereocenters. The minimum absolute atomic E-state index is 0.173. The van der Waals surface area contributed by atoms with Gasteiger partial charge in [-0.05, 0) is 72.2 Å². The second-order valence-electron chi connectivity index (χ2n) is 7.75. The maximum absolute atomic E-state index is 13.1. The summed E-state index contributed by atoms with van der Waals surface area (Å²) in [4.78, 5) is 50.0. The van der Waals surface area contributed by atoms with Crippen molar-refractivity contribution >= 4 is 51.5 Å². The highest BCUT2D eigenvalue weighted by atomic mass is 79.9. The molecule has 0 saturated carbocycles. The highest BCUT2D eigenvalue weighted by Crippen LogP contribution is 2.28. The summed E-state index contributed by atoms with van der Waals surface area (Å²) in [5.41, 5.74) is 2.33. The molecule has 0 aliphatic carbocycles. The number of rotatable bonds is 6. The fourth-order valence-electron chi connectivity index (χ4n) is 3.53. The summed E-state index contributed by atoms with van der Waals surface area (Å²) in [7, 11) is 0. The van der Waals surface area contributed by atoms with Crippen molar-refractivity contribution in [3.8, 4) is 5.75 Å². The quantitative estimate of drug-likeness (QED) is 0.350. The van der Waals surface area contributed by atoms with E-state index in [1.165, 1.54) is 18.2 Å². The number of barbiturate groups is 1. The van der Waals surface area contributed by atoms with Crippen molar-refractivity contribution < 1.29 is 29.0 Å². The van der Waals surface area contributed by atoms with E-state index in [0.717, 1.165) is 9.37 Å². The molecule has 1 heterocycles. The molecule has 0 spiro atoms. The number of nitrogens with one attached hydrogen (secondary N) is 1. The third kappa shape index (κ3) is 5.30. The Morgan fingerprint density at radius 3 is 2.49 bits per heavy atom. The van der Waals surface area contributed by atoms with Crippen LogP contribution in [0.4, 0.5) is 10.5 Å². The summed E-state index contributed by atoms with van der Waals surface area (Å²) in [5, 5.41) is 11.3. The molecule has 2 N–H and O–H groups in total. The Labute approximate surface area is 209 Å². The number of anilines is 1. The number of halogens is 1. The molecule has 0 bridgehead atoms. The Hall–Kier alpha value is -4.24. The van der Waals surface area contributed by atoms with E-state index in [2.05, 4.69) is 21.2 Å². The third-order valence-corrected chi connectivity index (χ3v) is 5.77. The number of ether oxygens (including phenoxy) is 1. The summed E-state index contributed by atoms with van der Waals surface area (Å²) in [6.07, 6.45) is 1.41. The van der Waals surface area contributed by atoms with Crippen molar-refractivity contribution in [1.29, 1.82) is 0 Å². The lowest BCUT2D eigenvalue weighted by Crippen LogP contribution is -2.54. The number of carboxylic acid groups (broad SMARTS) is 1. The van der Waals surface area contributed by atoms with Gasteiger partial charge in [-0.1, -0.05) is 40.2 Å². The monoisotopic (exact) mass is 534 g/mol. The van der Waals surface area contributed by atoms with Gasteiger partial charge in [-0.15, -0.1) is 0 Å². The molecule has 1 aliphatic rings. The number of nitrogens with zero attached hydrogens (tertiary/aromatic N) is 1. The molecule has 0 unspecified atom stereocenters. The summed E-state index contributed by atoms with van der Waals surface area (Å²) < 4.78 is 6.51. The maximum Gasteiger partial charge on any atom is 0.335 e. The van der Waals surface area contributed by atoms with Crippen LogP contribution in [0.5, 0.6) is 5.75 Å². The Morgan fingerprint density at radius 2 is 1.80 bits per heavy atom. The van der Waals surface area contributed by atoms with E-state index >= 15 is 0 Å². The number of carbonyl (C=O) groups is 4. The standard InChI is InChI=1S/C26H19BrN2O6/c1-15-11-19(27)7-10-22(15)29-24(31)21(23(30)28-26(29)34)13-16-5-8-20(9-6-16)35-14-17-3-2-4-18(12-17)25(32)33/h2-13H,14H2,1H3,(H,32,33)(H,28,30,34)/b21-13+. The highest BCUT2D eigenvalue weighted by Gasteiger charge is 2.37. The lowest BCUT2D eigenvalue weighted by Gasteiger charge is -2.27. The number of benzene rings is 3. The van der Waals surface area contributed by atoms with Gasteiger partial charge in [0, 0.05) is 4.47 Å². The second-order valence-corrected chi connectivity index (χ2v) is 8.67. The van der Waals surface area contributed by atoms with Gasteiger partial charge in [0.25, 0.3) is 11.8 Å². The first-order valence-electron chi connectivity index (χ1n) is 10.5. The SMILES string of the molecule is Cc1cc(Br)ccc1N1C(=O)NC(=O)/C(=C\c2ccc(OCc3cccc(C(=O)O)c3)cc2)C1=O. The van der Waals surface area contributed by atoms with E-state index in [9.17, 15) is 19.2 Å².